The van der Waals surface area contributed by atoms with Crippen LogP contribution in [0.25, 0.3) is 5.69 Å². The van der Waals surface area contributed by atoms with Crippen LogP contribution in [-0.4, -0.2) is 31.4 Å². The first-order valence-electron chi connectivity index (χ1n) is 8.74. The number of carbonyl (C=O) groups is 1. The number of hydrogen-bond acceptors (Lipinski definition) is 5. The maximum atomic E-state index is 10.5. The monoisotopic (exact) mass is 364 g/mol. The summed E-state index contributed by atoms with van der Waals surface area (Å²) in [5.41, 5.74) is 4.31. The molecule has 0 amide bonds. The van der Waals surface area contributed by atoms with Gasteiger partial charge < -0.3 is 10.2 Å². The van der Waals surface area contributed by atoms with Crippen molar-refractivity contribution in [2.24, 2.45) is 4.99 Å². The van der Waals surface area contributed by atoms with Crippen molar-refractivity contribution >= 4 is 11.7 Å². The van der Waals surface area contributed by atoms with Gasteiger partial charge in [0.25, 0.3) is 5.97 Å². The summed E-state index contributed by atoms with van der Waals surface area (Å²) in [6.45, 7) is 1.08. The van der Waals surface area contributed by atoms with Crippen LogP contribution in [-0.2, 0) is 4.79 Å². The van der Waals surface area contributed by atoms with E-state index in [0.29, 0.717) is 11.4 Å². The van der Waals surface area contributed by atoms with E-state index in [4.69, 9.17) is 9.90 Å². The number of imidazole rings is 1. The number of aliphatic hydroxyl groups is 1. The molecule has 0 bridgehead atoms. The second-order valence-corrected chi connectivity index (χ2v) is 6.34. The molecule has 0 fully saturated rings. The van der Waals surface area contributed by atoms with Crippen molar-refractivity contribution in [3.8, 4) is 11.8 Å². The third-order valence-corrected chi connectivity index (χ3v) is 4.39. The third kappa shape index (κ3) is 3.96. The van der Waals surface area contributed by atoms with E-state index >= 15 is 0 Å². The highest BCUT2D eigenvalue weighted by atomic mass is 16.4. The van der Waals surface area contributed by atoms with Gasteiger partial charge in [-0.2, -0.15) is 5.26 Å². The van der Waals surface area contributed by atoms with Crippen LogP contribution < -0.4 is 0 Å². The molecule has 1 aliphatic carbocycles. The van der Waals surface area contributed by atoms with Crippen LogP contribution in [0, 0.1) is 11.3 Å². The zero-order chi connectivity index (χ0) is 19.4. The molecule has 0 saturated heterocycles. The number of rotatable bonds is 1. The molecule has 1 aliphatic heterocycles. The summed E-state index contributed by atoms with van der Waals surface area (Å²) in [5.74, 6) is -0.331. The Morgan fingerprint density at radius 2 is 2.15 bits per heavy atom. The van der Waals surface area contributed by atoms with E-state index in [2.05, 4.69) is 22.1 Å². The van der Waals surface area contributed by atoms with Crippen molar-refractivity contribution in [3.05, 3.63) is 59.2 Å². The van der Waals surface area contributed by atoms with Crippen molar-refractivity contribution in [3.63, 3.8) is 0 Å². The van der Waals surface area contributed by atoms with Gasteiger partial charge in [-0.3, -0.25) is 9.36 Å². The van der Waals surface area contributed by atoms with Crippen molar-refractivity contribution in [2.45, 2.75) is 38.8 Å². The molecule has 2 heterocycles. The van der Waals surface area contributed by atoms with E-state index in [-0.39, 0.29) is 0 Å². The Hall–Kier alpha value is -3.24. The molecule has 1 aromatic heterocycles. The summed E-state index contributed by atoms with van der Waals surface area (Å²) in [7, 11) is 0. The molecule has 1 atom stereocenters. The quantitative estimate of drug-likeness (QED) is 0.807. The predicted octanol–water partition coefficient (Wildman–Crippen LogP) is 3.13. The fourth-order valence-corrected chi connectivity index (χ4v) is 3.27. The molecule has 0 radical (unpaired) electrons. The Labute approximate surface area is 156 Å². The van der Waals surface area contributed by atoms with Gasteiger partial charge in [0.1, 0.15) is 0 Å². The van der Waals surface area contributed by atoms with Gasteiger partial charge in [0.2, 0.25) is 6.23 Å². The summed E-state index contributed by atoms with van der Waals surface area (Å²) < 4.78 is 1.85. The number of aromatic nitrogens is 2. The Balaban J connectivity index is 0.000000481. The Morgan fingerprint density at radius 3 is 2.81 bits per heavy atom. The largest absolute Gasteiger partial charge is 0.481 e. The Bertz CT molecular complexity index is 962. The minimum absolute atomic E-state index is 0.502. The molecule has 27 heavy (non-hydrogen) atoms. The molecule has 0 saturated carbocycles. The zero-order valence-electron chi connectivity index (χ0n) is 15.0. The van der Waals surface area contributed by atoms with E-state index in [1.54, 1.807) is 12.3 Å². The smallest absolute Gasteiger partial charge is 0.300 e. The number of carboxylic acids is 1. The lowest BCUT2D eigenvalue weighted by atomic mass is 9.91. The second kappa shape index (κ2) is 7.98. The van der Waals surface area contributed by atoms with E-state index in [1.165, 1.54) is 6.42 Å². The van der Waals surface area contributed by atoms with Gasteiger partial charge in [0, 0.05) is 24.9 Å². The molecule has 4 rings (SSSR count). The number of nitrogens with zero attached hydrogens (tertiary/aromatic N) is 4. The van der Waals surface area contributed by atoms with E-state index in [1.807, 2.05) is 22.9 Å². The fourth-order valence-electron chi connectivity index (χ4n) is 3.27. The molecule has 0 spiro atoms. The Morgan fingerprint density at radius 1 is 1.37 bits per heavy atom. The van der Waals surface area contributed by atoms with Crippen LogP contribution in [0.4, 0.5) is 0 Å². The lowest BCUT2D eigenvalue weighted by Crippen LogP contribution is -2.11. The van der Waals surface area contributed by atoms with Crippen LogP contribution >= 0.6 is 0 Å². The first-order chi connectivity index (χ1) is 13.0. The van der Waals surface area contributed by atoms with E-state index in [0.717, 1.165) is 48.7 Å². The van der Waals surface area contributed by atoms with Crippen molar-refractivity contribution in [2.75, 3.05) is 0 Å². The summed E-state index contributed by atoms with van der Waals surface area (Å²) in [6, 6.07) is 7.72. The lowest BCUT2D eigenvalue weighted by Gasteiger charge is -2.17. The highest BCUT2D eigenvalue weighted by Gasteiger charge is 2.25. The number of nitriles is 1. The predicted molar refractivity (Wildman–Crippen MR) is 99.6 cm³/mol. The zero-order valence-corrected chi connectivity index (χ0v) is 15.0. The standard InChI is InChI=1S/C18H16N4O.C2H4O2/c19-11-12-6-7-15-14(10-12)16(13-4-2-1-3-5-13)21-18(23)17-20-8-9-22(15)17;1-2(3)4/h4,6-10,18,23H,1-3,5H2;1H3,(H,3,4). The minimum Gasteiger partial charge on any atom is -0.481 e. The molecule has 2 aliphatic rings. The maximum absolute atomic E-state index is 10.5. The fraction of sp³-hybridized carbons (Fsp3) is 0.300. The number of allylic oxidation sites excluding steroid dienone is 2. The van der Waals surface area contributed by atoms with Gasteiger partial charge in [0.05, 0.1) is 23.0 Å². The van der Waals surface area contributed by atoms with Crippen molar-refractivity contribution in [1.82, 2.24) is 9.55 Å². The van der Waals surface area contributed by atoms with Gasteiger partial charge in [0.15, 0.2) is 5.82 Å². The maximum Gasteiger partial charge on any atom is 0.300 e. The number of aliphatic imine (C=N–C) groups is 1. The molecular weight excluding hydrogens is 344 g/mol. The van der Waals surface area contributed by atoms with Crippen molar-refractivity contribution < 1.29 is 15.0 Å². The minimum atomic E-state index is -0.999. The summed E-state index contributed by atoms with van der Waals surface area (Å²) in [4.78, 5) is 17.8. The molecule has 2 aromatic rings. The SMILES string of the molecule is CC(=O)O.N#Cc1ccc2c(c1)C(C1=CCCCC1)=NC(O)c1nccn1-2. The average Bonchev–Trinajstić information content (AvgIpc) is 3.11. The van der Waals surface area contributed by atoms with Crippen molar-refractivity contribution in [1.29, 1.82) is 5.26 Å². The van der Waals surface area contributed by atoms with Gasteiger partial charge in [-0.15, -0.1) is 0 Å². The van der Waals surface area contributed by atoms with Gasteiger partial charge >= 0.3 is 0 Å². The highest BCUT2D eigenvalue weighted by molar-refractivity contribution is 6.15. The van der Waals surface area contributed by atoms with Crippen LogP contribution in [0.5, 0.6) is 0 Å². The summed E-state index contributed by atoms with van der Waals surface area (Å²) in [5, 5.41) is 27.1. The lowest BCUT2D eigenvalue weighted by molar-refractivity contribution is -0.134. The number of hydrogen-bond donors (Lipinski definition) is 2. The molecule has 1 aromatic carbocycles. The molecule has 1 unspecified atom stereocenters. The first kappa shape index (κ1) is 18.5. The van der Waals surface area contributed by atoms with Crippen LogP contribution in [0.15, 0.2) is 47.2 Å². The van der Waals surface area contributed by atoms with Gasteiger partial charge in [-0.05, 0) is 49.5 Å². The van der Waals surface area contributed by atoms with Crippen LogP contribution in [0.3, 0.4) is 0 Å². The topological polar surface area (TPSA) is 112 Å². The van der Waals surface area contributed by atoms with Gasteiger partial charge in [-0.25, -0.2) is 9.98 Å². The number of aliphatic hydroxyl groups excluding tert-OH is 1. The van der Waals surface area contributed by atoms with E-state index in [9.17, 15) is 10.4 Å². The molecule has 2 N–H and O–H groups in total. The number of aliphatic carboxylic acids is 1. The normalized spacial score (nSPS) is 17.7. The Kier molecular flexibility index (Phi) is 5.48. The van der Waals surface area contributed by atoms with Crippen LogP contribution in [0.1, 0.15) is 55.8 Å². The number of benzene rings is 1. The van der Waals surface area contributed by atoms with E-state index < -0.39 is 12.2 Å². The number of fused-ring (bicyclic) bond motifs is 3. The second-order valence-electron chi connectivity index (χ2n) is 6.34. The van der Waals surface area contributed by atoms with Gasteiger partial charge in [-0.1, -0.05) is 6.08 Å². The summed E-state index contributed by atoms with van der Waals surface area (Å²) >= 11 is 0. The molecular formula is C20H20N4O3. The molecule has 7 heteroatoms. The average molecular weight is 364 g/mol. The molecule has 7 nitrogen and oxygen atoms in total. The molecule has 138 valence electrons. The van der Waals surface area contributed by atoms with Crippen LogP contribution in [0.2, 0.25) is 0 Å². The first-order valence-corrected chi connectivity index (χ1v) is 8.74. The number of carboxylic acid groups (broad SMARTS) is 1. The third-order valence-electron chi connectivity index (χ3n) is 4.39. The summed E-state index contributed by atoms with van der Waals surface area (Å²) in [6.07, 6.45) is 8.96. The highest BCUT2D eigenvalue weighted by Crippen LogP contribution is 2.32.